The third kappa shape index (κ3) is 7.60. The highest BCUT2D eigenvalue weighted by molar-refractivity contribution is 6.80. The van der Waals surface area contributed by atoms with Crippen LogP contribution in [0.15, 0.2) is 42.1 Å². The van der Waals surface area contributed by atoms with Crippen molar-refractivity contribution in [3.63, 3.8) is 0 Å². The van der Waals surface area contributed by atoms with Gasteiger partial charge in [0.15, 0.2) is 0 Å². The lowest BCUT2D eigenvalue weighted by Gasteiger charge is -2.24. The van der Waals surface area contributed by atoms with Gasteiger partial charge in [-0.2, -0.15) is 0 Å². The van der Waals surface area contributed by atoms with Gasteiger partial charge < -0.3 is 10.4 Å². The van der Waals surface area contributed by atoms with E-state index in [0.717, 1.165) is 24.8 Å². The van der Waals surface area contributed by atoms with Crippen molar-refractivity contribution in [2.24, 2.45) is 0 Å². The molecule has 118 valence electrons. The van der Waals surface area contributed by atoms with Gasteiger partial charge in [0.05, 0.1) is 20.7 Å². The molecule has 0 aliphatic carbocycles. The normalized spacial score (nSPS) is 15.3. The minimum absolute atomic E-state index is 0.0306. The van der Waals surface area contributed by atoms with Crippen molar-refractivity contribution in [1.82, 2.24) is 5.32 Å². The fourth-order valence-electron chi connectivity index (χ4n) is 2.43. The summed E-state index contributed by atoms with van der Waals surface area (Å²) in [6.07, 6.45) is 5.67. The lowest BCUT2D eigenvalue weighted by atomic mass is 10.0. The van der Waals surface area contributed by atoms with Gasteiger partial charge in [0.25, 0.3) is 0 Å². The first kappa shape index (κ1) is 18.1. The molecule has 1 aromatic carbocycles. The van der Waals surface area contributed by atoms with Crippen molar-refractivity contribution in [2.45, 2.75) is 57.9 Å². The summed E-state index contributed by atoms with van der Waals surface area (Å²) in [7, 11) is -1.12. The second-order valence-corrected chi connectivity index (χ2v) is 11.9. The SMILES string of the molecule is CCC[C@H](C/C=C/[Si](C)(C)C)N[C@H](CO)c1ccccc1. The van der Waals surface area contributed by atoms with Crippen LogP contribution in [0.5, 0.6) is 0 Å². The molecule has 0 bridgehead atoms. The Morgan fingerprint density at radius 3 is 2.38 bits per heavy atom. The molecular formula is C18H31NOSi. The van der Waals surface area contributed by atoms with E-state index in [1.807, 2.05) is 18.2 Å². The van der Waals surface area contributed by atoms with E-state index in [-0.39, 0.29) is 12.6 Å². The van der Waals surface area contributed by atoms with Crippen LogP contribution in [0, 0.1) is 0 Å². The quantitative estimate of drug-likeness (QED) is 0.667. The van der Waals surface area contributed by atoms with Gasteiger partial charge in [0.1, 0.15) is 0 Å². The average Bonchev–Trinajstić information content (AvgIpc) is 2.44. The Labute approximate surface area is 131 Å². The van der Waals surface area contributed by atoms with E-state index in [2.05, 4.69) is 55.8 Å². The van der Waals surface area contributed by atoms with Gasteiger partial charge in [0, 0.05) is 6.04 Å². The minimum atomic E-state index is -1.12. The number of hydrogen-bond acceptors (Lipinski definition) is 2. The molecule has 0 spiro atoms. The molecular weight excluding hydrogens is 274 g/mol. The second kappa shape index (κ2) is 9.18. The third-order valence-corrected chi connectivity index (χ3v) is 4.73. The first-order valence-electron chi connectivity index (χ1n) is 8.06. The van der Waals surface area contributed by atoms with E-state index in [1.165, 1.54) is 0 Å². The molecule has 0 unspecified atom stereocenters. The molecule has 0 aliphatic rings. The van der Waals surface area contributed by atoms with Crippen molar-refractivity contribution in [1.29, 1.82) is 0 Å². The molecule has 0 aromatic heterocycles. The summed E-state index contributed by atoms with van der Waals surface area (Å²) in [5, 5.41) is 13.3. The Morgan fingerprint density at radius 2 is 1.86 bits per heavy atom. The molecule has 0 saturated heterocycles. The summed E-state index contributed by atoms with van der Waals surface area (Å²) in [6, 6.07) is 10.7. The highest BCUT2D eigenvalue weighted by atomic mass is 28.3. The number of benzene rings is 1. The molecule has 2 N–H and O–H groups in total. The molecule has 0 heterocycles. The maximum atomic E-state index is 9.68. The van der Waals surface area contributed by atoms with Gasteiger partial charge in [-0.1, -0.05) is 75.1 Å². The number of nitrogens with one attached hydrogen (secondary N) is 1. The monoisotopic (exact) mass is 305 g/mol. The maximum Gasteiger partial charge on any atom is 0.0682 e. The van der Waals surface area contributed by atoms with E-state index >= 15 is 0 Å². The van der Waals surface area contributed by atoms with Crippen molar-refractivity contribution in [3.8, 4) is 0 Å². The van der Waals surface area contributed by atoms with Crippen molar-refractivity contribution >= 4 is 8.07 Å². The Bertz CT molecular complexity index is 411. The zero-order chi connectivity index (χ0) is 15.7. The van der Waals surface area contributed by atoms with Crippen LogP contribution in [-0.4, -0.2) is 25.8 Å². The zero-order valence-electron chi connectivity index (χ0n) is 14.0. The Kier molecular flexibility index (Phi) is 7.94. The lowest BCUT2D eigenvalue weighted by Crippen LogP contribution is -2.34. The lowest BCUT2D eigenvalue weighted by molar-refractivity contribution is 0.230. The Balaban J connectivity index is 2.65. The van der Waals surface area contributed by atoms with Gasteiger partial charge in [-0.15, -0.1) is 0 Å². The predicted octanol–water partition coefficient (Wildman–Crippen LogP) is 4.30. The van der Waals surface area contributed by atoms with Crippen LogP contribution in [0.3, 0.4) is 0 Å². The average molecular weight is 306 g/mol. The van der Waals surface area contributed by atoms with Crippen molar-refractivity contribution in [3.05, 3.63) is 47.7 Å². The fraction of sp³-hybridized carbons (Fsp3) is 0.556. The van der Waals surface area contributed by atoms with Gasteiger partial charge in [-0.25, -0.2) is 0 Å². The fourth-order valence-corrected chi connectivity index (χ4v) is 3.27. The summed E-state index contributed by atoms with van der Waals surface area (Å²) in [6.45, 7) is 9.42. The van der Waals surface area contributed by atoms with Gasteiger partial charge in [-0.3, -0.25) is 0 Å². The molecule has 0 fully saturated rings. The number of aliphatic hydroxyl groups excluding tert-OH is 1. The Morgan fingerprint density at radius 1 is 1.19 bits per heavy atom. The van der Waals surface area contributed by atoms with Crippen LogP contribution in [0.1, 0.15) is 37.8 Å². The van der Waals surface area contributed by atoms with E-state index in [4.69, 9.17) is 0 Å². The summed E-state index contributed by atoms with van der Waals surface area (Å²) >= 11 is 0. The Hall–Kier alpha value is -0.903. The topological polar surface area (TPSA) is 32.3 Å². The molecule has 0 saturated carbocycles. The van der Waals surface area contributed by atoms with Crippen LogP contribution >= 0.6 is 0 Å². The molecule has 0 amide bonds. The highest BCUT2D eigenvalue weighted by Gasteiger charge is 2.15. The van der Waals surface area contributed by atoms with Crippen LogP contribution in [-0.2, 0) is 0 Å². The highest BCUT2D eigenvalue weighted by Crippen LogP contribution is 2.16. The van der Waals surface area contributed by atoms with Gasteiger partial charge in [-0.05, 0) is 18.4 Å². The molecule has 1 rings (SSSR count). The zero-order valence-corrected chi connectivity index (χ0v) is 15.0. The molecule has 21 heavy (non-hydrogen) atoms. The molecule has 2 nitrogen and oxygen atoms in total. The molecule has 0 aliphatic heterocycles. The largest absolute Gasteiger partial charge is 0.394 e. The summed E-state index contributed by atoms with van der Waals surface area (Å²) in [4.78, 5) is 0. The smallest absolute Gasteiger partial charge is 0.0682 e. The first-order valence-corrected chi connectivity index (χ1v) is 11.6. The summed E-state index contributed by atoms with van der Waals surface area (Å²) < 4.78 is 0. The third-order valence-electron chi connectivity index (χ3n) is 3.50. The number of hydrogen-bond donors (Lipinski definition) is 2. The van der Waals surface area contributed by atoms with E-state index < -0.39 is 8.07 Å². The predicted molar refractivity (Wildman–Crippen MR) is 95.2 cm³/mol. The molecule has 1 aromatic rings. The van der Waals surface area contributed by atoms with Gasteiger partial charge in [0.2, 0.25) is 0 Å². The van der Waals surface area contributed by atoms with Crippen molar-refractivity contribution < 1.29 is 5.11 Å². The molecule has 3 heteroatoms. The van der Waals surface area contributed by atoms with Crippen LogP contribution in [0.2, 0.25) is 19.6 Å². The minimum Gasteiger partial charge on any atom is -0.394 e. The van der Waals surface area contributed by atoms with E-state index in [9.17, 15) is 5.11 Å². The standard InChI is InChI=1S/C18H31NOSi/c1-5-10-17(13-9-14-21(2,3)4)19-18(15-20)16-11-7-6-8-12-16/h6-9,11-12,14,17-20H,5,10,13,15H2,1-4H3/b14-9+/t17-,18-/m1/s1. The summed E-state index contributed by atoms with van der Waals surface area (Å²) in [5.41, 5.74) is 3.57. The van der Waals surface area contributed by atoms with Gasteiger partial charge >= 0.3 is 0 Å². The van der Waals surface area contributed by atoms with Crippen LogP contribution in [0.4, 0.5) is 0 Å². The van der Waals surface area contributed by atoms with Crippen molar-refractivity contribution in [2.75, 3.05) is 6.61 Å². The van der Waals surface area contributed by atoms with Crippen LogP contribution < -0.4 is 5.32 Å². The van der Waals surface area contributed by atoms with Crippen LogP contribution in [0.25, 0.3) is 0 Å². The first-order chi connectivity index (χ1) is 9.96. The number of rotatable bonds is 9. The second-order valence-electron chi connectivity index (χ2n) is 6.80. The molecule has 2 atom stereocenters. The number of aliphatic hydroxyl groups is 1. The summed E-state index contributed by atoms with van der Waals surface area (Å²) in [5.74, 6) is 0. The van der Waals surface area contributed by atoms with E-state index in [1.54, 1.807) is 0 Å². The maximum absolute atomic E-state index is 9.68. The molecule has 0 radical (unpaired) electrons. The van der Waals surface area contributed by atoms with E-state index in [0.29, 0.717) is 6.04 Å².